The van der Waals surface area contributed by atoms with Crippen LogP contribution in [0.25, 0.3) is 5.65 Å². The number of benzene rings is 1. The Morgan fingerprint density at radius 2 is 1.83 bits per heavy atom. The molecule has 1 fully saturated rings. The topological polar surface area (TPSA) is 63.0 Å². The largest absolute Gasteiger partial charge is 0.573 e. The molecule has 0 saturated carbocycles. The van der Waals surface area contributed by atoms with Crippen molar-refractivity contribution in [3.05, 3.63) is 59.5 Å². The second-order valence-corrected chi connectivity index (χ2v) is 7.11. The first-order chi connectivity index (χ1) is 14.3. The number of halogens is 3. The van der Waals surface area contributed by atoms with E-state index in [2.05, 4.69) is 19.7 Å². The maximum Gasteiger partial charge on any atom is 0.573 e. The highest BCUT2D eigenvalue weighted by Crippen LogP contribution is 2.23. The van der Waals surface area contributed by atoms with Crippen LogP contribution < -0.4 is 4.74 Å². The number of rotatable bonds is 4. The number of alkyl halides is 3. The van der Waals surface area contributed by atoms with Crippen molar-refractivity contribution in [1.82, 2.24) is 24.4 Å². The van der Waals surface area contributed by atoms with Crippen LogP contribution in [0.3, 0.4) is 0 Å². The summed E-state index contributed by atoms with van der Waals surface area (Å²) in [6.07, 6.45) is -1.30. The summed E-state index contributed by atoms with van der Waals surface area (Å²) in [5.74, 6) is -0.325. The molecule has 0 radical (unpaired) electrons. The molecule has 0 spiro atoms. The lowest BCUT2D eigenvalue weighted by atomic mass is 10.1. The van der Waals surface area contributed by atoms with E-state index in [1.807, 2.05) is 0 Å². The summed E-state index contributed by atoms with van der Waals surface area (Å²) in [6, 6.07) is 7.61. The smallest absolute Gasteiger partial charge is 0.406 e. The molecule has 7 nitrogen and oxygen atoms in total. The molecule has 1 aliphatic rings. The molecular formula is C20H20F3N5O2. The molecule has 1 aromatic carbocycles. The van der Waals surface area contributed by atoms with Gasteiger partial charge in [-0.25, -0.2) is 9.50 Å². The van der Waals surface area contributed by atoms with Crippen molar-refractivity contribution in [3.8, 4) is 5.75 Å². The van der Waals surface area contributed by atoms with Crippen LogP contribution in [0.1, 0.15) is 21.6 Å². The summed E-state index contributed by atoms with van der Waals surface area (Å²) in [4.78, 5) is 21.2. The number of hydrogen-bond acceptors (Lipinski definition) is 5. The van der Waals surface area contributed by atoms with Crippen LogP contribution in [0.4, 0.5) is 13.2 Å². The normalized spacial score (nSPS) is 15.5. The summed E-state index contributed by atoms with van der Waals surface area (Å²) in [5.41, 5.74) is 2.59. The van der Waals surface area contributed by atoms with E-state index in [9.17, 15) is 18.0 Å². The Morgan fingerprint density at radius 1 is 1.13 bits per heavy atom. The van der Waals surface area contributed by atoms with Crippen molar-refractivity contribution in [2.24, 2.45) is 0 Å². The third-order valence-corrected chi connectivity index (χ3v) is 5.01. The first-order valence-corrected chi connectivity index (χ1v) is 9.46. The van der Waals surface area contributed by atoms with Gasteiger partial charge in [-0.05, 0) is 30.7 Å². The molecule has 0 bridgehead atoms. The number of carbonyl (C=O) groups excluding carboxylic acids is 1. The summed E-state index contributed by atoms with van der Waals surface area (Å²) in [5, 5.41) is 4.34. The lowest BCUT2D eigenvalue weighted by Gasteiger charge is -2.34. The zero-order valence-corrected chi connectivity index (χ0v) is 16.3. The molecule has 1 saturated heterocycles. The van der Waals surface area contributed by atoms with Crippen LogP contribution in [0.5, 0.6) is 5.75 Å². The first kappa shape index (κ1) is 20.1. The summed E-state index contributed by atoms with van der Waals surface area (Å²) < 4.78 is 42.3. The third kappa shape index (κ3) is 4.38. The van der Waals surface area contributed by atoms with Gasteiger partial charge in [0.15, 0.2) is 5.65 Å². The quantitative estimate of drug-likeness (QED) is 0.651. The van der Waals surface area contributed by atoms with Crippen LogP contribution in [-0.4, -0.2) is 62.8 Å². The Balaban J connectivity index is 1.36. The standard InChI is InChI=1S/C20H20F3N5O2/c1-14-17(18-24-7-2-8-28(18)25-14)19(29)27-11-9-26(10-12-27)13-15-3-5-16(6-4-15)30-20(21,22)23/h2-8H,9-13H2,1H3. The number of ether oxygens (including phenoxy) is 1. The molecule has 1 aliphatic heterocycles. The SMILES string of the molecule is Cc1nn2cccnc2c1C(=O)N1CCN(Cc2ccc(OC(F)(F)F)cc2)CC1. The molecule has 0 N–H and O–H groups in total. The first-order valence-electron chi connectivity index (χ1n) is 9.46. The van der Waals surface area contributed by atoms with Gasteiger partial charge in [-0.15, -0.1) is 13.2 Å². The van der Waals surface area contributed by atoms with Crippen molar-refractivity contribution in [1.29, 1.82) is 0 Å². The minimum Gasteiger partial charge on any atom is -0.406 e. The fourth-order valence-electron chi connectivity index (χ4n) is 3.57. The van der Waals surface area contributed by atoms with Crippen LogP contribution >= 0.6 is 0 Å². The van der Waals surface area contributed by atoms with Crippen molar-refractivity contribution < 1.29 is 22.7 Å². The highest BCUT2D eigenvalue weighted by Gasteiger charge is 2.31. The van der Waals surface area contributed by atoms with Gasteiger partial charge in [0.05, 0.1) is 5.69 Å². The van der Waals surface area contributed by atoms with Crippen molar-refractivity contribution >= 4 is 11.6 Å². The Morgan fingerprint density at radius 3 is 2.50 bits per heavy atom. The van der Waals surface area contributed by atoms with Gasteiger partial charge in [-0.2, -0.15) is 5.10 Å². The van der Waals surface area contributed by atoms with Gasteiger partial charge in [0.25, 0.3) is 5.91 Å². The Labute approximate surface area is 170 Å². The number of fused-ring (bicyclic) bond motifs is 1. The van der Waals surface area contributed by atoms with E-state index in [0.717, 1.165) is 5.56 Å². The average molecular weight is 419 g/mol. The van der Waals surface area contributed by atoms with Gasteiger partial charge in [-0.1, -0.05) is 12.1 Å². The van der Waals surface area contributed by atoms with Gasteiger partial charge in [0.2, 0.25) is 0 Å². The second-order valence-electron chi connectivity index (χ2n) is 7.11. The maximum atomic E-state index is 13.0. The molecule has 3 aromatic rings. The molecule has 158 valence electrons. The molecule has 3 heterocycles. The average Bonchev–Trinajstić information content (AvgIpc) is 3.04. The molecule has 30 heavy (non-hydrogen) atoms. The second kappa shape index (κ2) is 7.94. The highest BCUT2D eigenvalue weighted by atomic mass is 19.4. The minimum absolute atomic E-state index is 0.0884. The Bertz CT molecular complexity index is 1040. The molecule has 4 rings (SSSR count). The molecule has 0 unspecified atom stereocenters. The van der Waals surface area contributed by atoms with Gasteiger partial charge >= 0.3 is 6.36 Å². The number of hydrogen-bond donors (Lipinski definition) is 0. The van der Waals surface area contributed by atoms with Gasteiger partial charge in [-0.3, -0.25) is 9.69 Å². The predicted octanol–water partition coefficient (Wildman–Crippen LogP) is 2.89. The van der Waals surface area contributed by atoms with Crippen LogP contribution in [-0.2, 0) is 6.54 Å². The van der Waals surface area contributed by atoms with Crippen molar-refractivity contribution in [3.63, 3.8) is 0 Å². The van der Waals surface area contributed by atoms with Crippen LogP contribution in [0.2, 0.25) is 0 Å². The monoisotopic (exact) mass is 419 g/mol. The highest BCUT2D eigenvalue weighted by molar-refractivity contribution is 6.01. The molecule has 0 aliphatic carbocycles. The summed E-state index contributed by atoms with van der Waals surface area (Å²) in [7, 11) is 0. The van der Waals surface area contributed by atoms with E-state index in [4.69, 9.17) is 0 Å². The lowest BCUT2D eigenvalue weighted by Crippen LogP contribution is -2.48. The summed E-state index contributed by atoms with van der Waals surface area (Å²) in [6.45, 7) is 4.82. The van der Waals surface area contributed by atoms with Crippen LogP contribution in [0.15, 0.2) is 42.7 Å². The number of amides is 1. The maximum absolute atomic E-state index is 13.0. The zero-order chi connectivity index (χ0) is 21.3. The van der Waals surface area contributed by atoms with Gasteiger partial charge < -0.3 is 9.64 Å². The van der Waals surface area contributed by atoms with Crippen LogP contribution in [0, 0.1) is 6.92 Å². The number of aryl methyl sites for hydroxylation is 1. The Hall–Kier alpha value is -3.14. The van der Waals surface area contributed by atoms with E-state index in [1.165, 1.54) is 12.1 Å². The van der Waals surface area contributed by atoms with E-state index < -0.39 is 6.36 Å². The minimum atomic E-state index is -4.70. The van der Waals surface area contributed by atoms with Gasteiger partial charge in [0.1, 0.15) is 11.3 Å². The van der Waals surface area contributed by atoms with E-state index >= 15 is 0 Å². The number of aromatic nitrogens is 3. The fourth-order valence-corrected chi connectivity index (χ4v) is 3.57. The summed E-state index contributed by atoms with van der Waals surface area (Å²) >= 11 is 0. The molecular weight excluding hydrogens is 399 g/mol. The van der Waals surface area contributed by atoms with E-state index in [-0.39, 0.29) is 11.7 Å². The third-order valence-electron chi connectivity index (χ3n) is 5.01. The number of carbonyl (C=O) groups is 1. The molecule has 1 amide bonds. The van der Waals surface area contributed by atoms with Gasteiger partial charge in [0, 0.05) is 45.1 Å². The number of nitrogens with zero attached hydrogens (tertiary/aromatic N) is 5. The van der Waals surface area contributed by atoms with E-state index in [0.29, 0.717) is 49.6 Å². The van der Waals surface area contributed by atoms with Crippen molar-refractivity contribution in [2.75, 3.05) is 26.2 Å². The lowest BCUT2D eigenvalue weighted by molar-refractivity contribution is -0.274. The van der Waals surface area contributed by atoms with E-state index in [1.54, 1.807) is 46.9 Å². The fraction of sp³-hybridized carbons (Fsp3) is 0.350. The number of piperazine rings is 1. The molecule has 10 heteroatoms. The predicted molar refractivity (Wildman–Crippen MR) is 102 cm³/mol. The zero-order valence-electron chi connectivity index (χ0n) is 16.3. The molecule has 0 atom stereocenters. The Kier molecular flexibility index (Phi) is 5.33. The molecule has 2 aromatic heterocycles. The van der Waals surface area contributed by atoms with Crippen molar-refractivity contribution in [2.45, 2.75) is 19.8 Å².